The Bertz CT molecular complexity index is 54.0. The van der Waals surface area contributed by atoms with E-state index in [-0.39, 0.29) is 35.0 Å². The van der Waals surface area contributed by atoms with Gasteiger partial charge in [-0.1, -0.05) is 33.9 Å². The molecule has 0 N–H and O–H groups in total. The van der Waals surface area contributed by atoms with E-state index < -0.39 is 0 Å². The molecule has 0 rings (SSSR count). The minimum absolute atomic E-state index is 0. The Hall–Kier alpha value is 1.10. The van der Waals surface area contributed by atoms with Crippen LogP contribution in [-0.4, -0.2) is 35.0 Å². The van der Waals surface area contributed by atoms with E-state index in [1.54, 1.807) is 0 Å². The molecule has 0 heterocycles. The average Bonchev–Trinajstić information content (AvgIpc) is 1.31. The van der Waals surface area contributed by atoms with Crippen LogP contribution < -0.4 is 0 Å². The van der Waals surface area contributed by atoms with Crippen LogP contribution in [0.1, 0.15) is 20.8 Å². The Morgan fingerprint density at radius 1 is 1.00 bits per heavy atom. The first-order valence-corrected chi connectivity index (χ1v) is 5.25. The second-order valence-electron chi connectivity index (χ2n) is 3.25. The van der Waals surface area contributed by atoms with Crippen LogP contribution in [-0.2, 0) is 0 Å². The standard InChI is InChI=1S/C6H15Si.Bi.3H/c1-6(2,3)7(4)5;;;;/h1-5H3;;;;. The van der Waals surface area contributed by atoms with Crippen LogP contribution in [0.3, 0.4) is 0 Å². The zero-order valence-electron chi connectivity index (χ0n) is 6.71. The van der Waals surface area contributed by atoms with E-state index in [9.17, 15) is 0 Å². The molecule has 0 fully saturated rings. The van der Waals surface area contributed by atoms with Gasteiger partial charge in [0.25, 0.3) is 0 Å². The van der Waals surface area contributed by atoms with Crippen LogP contribution in [0.25, 0.3) is 0 Å². The van der Waals surface area contributed by atoms with Crippen molar-refractivity contribution in [1.82, 2.24) is 0 Å². The molecule has 0 aliphatic heterocycles. The number of hydrogen-bond acceptors (Lipinski definition) is 0. The molecule has 0 aliphatic carbocycles. The SMILES string of the molecule is C[Si](C)C(C)(C)C.[BiH3]. The third kappa shape index (κ3) is 5.24. The molecule has 0 aliphatic rings. The molecule has 0 saturated heterocycles. The molecule has 2 heteroatoms. The fraction of sp³-hybridized carbons (Fsp3) is 1.00. The molecule has 0 amide bonds. The summed E-state index contributed by atoms with van der Waals surface area (Å²) in [6.07, 6.45) is 0. The Labute approximate surface area is 73.8 Å². The number of hydrogen-bond donors (Lipinski definition) is 0. The predicted molar refractivity (Wildman–Crippen MR) is 47.1 cm³/mol. The van der Waals surface area contributed by atoms with E-state index in [1.807, 2.05) is 0 Å². The van der Waals surface area contributed by atoms with E-state index in [0.29, 0.717) is 5.04 Å². The predicted octanol–water partition coefficient (Wildman–Crippen LogP) is 1.36. The zero-order chi connectivity index (χ0) is 6.08. The fourth-order valence-electron chi connectivity index (χ4n) is 0. The van der Waals surface area contributed by atoms with E-state index in [4.69, 9.17) is 0 Å². The van der Waals surface area contributed by atoms with Gasteiger partial charge >= 0.3 is 26.2 Å². The van der Waals surface area contributed by atoms with E-state index >= 15 is 0 Å². The molecule has 0 aromatic heterocycles. The van der Waals surface area contributed by atoms with Crippen molar-refractivity contribution in [2.45, 2.75) is 38.9 Å². The summed E-state index contributed by atoms with van der Waals surface area (Å²) < 4.78 is 0. The second kappa shape index (κ2) is 4.00. The molecule has 1 radical (unpaired) electrons. The van der Waals surface area contributed by atoms with E-state index in [0.717, 1.165) is 0 Å². The van der Waals surface area contributed by atoms with Crippen molar-refractivity contribution < 1.29 is 0 Å². The Morgan fingerprint density at radius 3 is 1.12 bits per heavy atom. The van der Waals surface area contributed by atoms with Crippen molar-refractivity contribution in [3.05, 3.63) is 0 Å². The maximum absolute atomic E-state index is 2.35. The van der Waals surface area contributed by atoms with Gasteiger partial charge in [0.15, 0.2) is 0 Å². The topological polar surface area (TPSA) is 0 Å². The molecule has 51 valence electrons. The van der Waals surface area contributed by atoms with Gasteiger partial charge in [0, 0.05) is 8.80 Å². The summed E-state index contributed by atoms with van der Waals surface area (Å²) >= 11 is 0. The minimum atomic E-state index is -0.0502. The van der Waals surface area contributed by atoms with Crippen LogP contribution in [0, 0.1) is 0 Å². The monoisotopic (exact) mass is 327 g/mol. The van der Waals surface area contributed by atoms with Gasteiger partial charge in [0.2, 0.25) is 0 Å². The van der Waals surface area contributed by atoms with Crippen molar-refractivity contribution in [3.63, 3.8) is 0 Å². The molecule has 0 spiro atoms. The molecule has 0 bridgehead atoms. The molecule has 8 heavy (non-hydrogen) atoms. The summed E-state index contributed by atoms with van der Waals surface area (Å²) in [6, 6.07) is 0. The third-order valence-electron chi connectivity index (χ3n) is 1.50. The Kier molecular flexibility index (Phi) is 5.93. The van der Waals surface area contributed by atoms with Crippen LogP contribution >= 0.6 is 0 Å². The van der Waals surface area contributed by atoms with Crippen molar-refractivity contribution in [2.24, 2.45) is 0 Å². The molecule has 0 nitrogen and oxygen atoms in total. The van der Waals surface area contributed by atoms with Gasteiger partial charge in [-0.25, -0.2) is 0 Å². The van der Waals surface area contributed by atoms with E-state index in [2.05, 4.69) is 33.9 Å². The molecule has 0 aromatic rings. The third-order valence-corrected chi connectivity index (χ3v) is 4.50. The zero-order valence-corrected chi connectivity index (χ0v) is 13.2. The molecular formula is C6H18BiSi. The molecule has 0 unspecified atom stereocenters. The summed E-state index contributed by atoms with van der Waals surface area (Å²) in [5.74, 6) is 0. The fourth-order valence-corrected chi connectivity index (χ4v) is 0. The van der Waals surface area contributed by atoms with Crippen molar-refractivity contribution in [1.29, 1.82) is 0 Å². The van der Waals surface area contributed by atoms with Crippen molar-refractivity contribution in [3.8, 4) is 0 Å². The van der Waals surface area contributed by atoms with Crippen molar-refractivity contribution >= 4 is 35.0 Å². The molecule has 0 atom stereocenters. The summed E-state index contributed by atoms with van der Waals surface area (Å²) in [4.78, 5) is 0. The normalized spacial score (nSPS) is 11.2. The van der Waals surface area contributed by atoms with Gasteiger partial charge in [-0.2, -0.15) is 0 Å². The van der Waals surface area contributed by atoms with Gasteiger partial charge < -0.3 is 0 Å². The first-order valence-electron chi connectivity index (χ1n) is 2.75. The Morgan fingerprint density at radius 2 is 1.12 bits per heavy atom. The van der Waals surface area contributed by atoms with Crippen LogP contribution in [0.5, 0.6) is 0 Å². The first-order chi connectivity index (χ1) is 2.94. The number of rotatable bonds is 0. The van der Waals surface area contributed by atoms with Gasteiger partial charge in [-0.05, 0) is 5.04 Å². The summed E-state index contributed by atoms with van der Waals surface area (Å²) in [7, 11) is -0.0502. The average molecular weight is 327 g/mol. The molecular weight excluding hydrogens is 309 g/mol. The summed E-state index contributed by atoms with van der Waals surface area (Å²) in [5.41, 5.74) is 0. The van der Waals surface area contributed by atoms with Crippen LogP contribution in [0.15, 0.2) is 0 Å². The van der Waals surface area contributed by atoms with Crippen LogP contribution in [0.4, 0.5) is 0 Å². The first kappa shape index (κ1) is 11.8. The quantitative estimate of drug-likeness (QED) is 0.590. The summed E-state index contributed by atoms with van der Waals surface area (Å²) in [6.45, 7) is 11.6. The summed E-state index contributed by atoms with van der Waals surface area (Å²) in [5, 5.41) is 0.602. The Balaban J connectivity index is 0. The van der Waals surface area contributed by atoms with Crippen LogP contribution in [0.2, 0.25) is 18.1 Å². The molecule has 0 saturated carbocycles. The second-order valence-corrected chi connectivity index (χ2v) is 6.75. The van der Waals surface area contributed by atoms with Crippen molar-refractivity contribution in [2.75, 3.05) is 0 Å². The van der Waals surface area contributed by atoms with Gasteiger partial charge in [-0.15, -0.1) is 0 Å². The van der Waals surface area contributed by atoms with Gasteiger partial charge in [0.05, 0.1) is 0 Å². The van der Waals surface area contributed by atoms with Gasteiger partial charge in [-0.3, -0.25) is 0 Å². The van der Waals surface area contributed by atoms with Gasteiger partial charge in [0.1, 0.15) is 0 Å². The molecule has 0 aromatic carbocycles. The van der Waals surface area contributed by atoms with E-state index in [1.165, 1.54) is 0 Å². The maximum atomic E-state index is 2.35.